The van der Waals surface area contributed by atoms with Crippen molar-refractivity contribution in [1.82, 2.24) is 4.90 Å². The summed E-state index contributed by atoms with van der Waals surface area (Å²) in [7, 11) is 0. The molecule has 1 aliphatic rings. The van der Waals surface area contributed by atoms with Gasteiger partial charge in [-0.1, -0.05) is 6.92 Å². The van der Waals surface area contributed by atoms with Gasteiger partial charge in [0.25, 0.3) is 5.91 Å². The summed E-state index contributed by atoms with van der Waals surface area (Å²) >= 11 is 6.31. The maximum absolute atomic E-state index is 12.9. The zero-order valence-electron chi connectivity index (χ0n) is 12.9. The van der Waals surface area contributed by atoms with E-state index < -0.39 is 12.1 Å². The largest absolute Gasteiger partial charge is 0.479 e. The lowest BCUT2D eigenvalue weighted by molar-refractivity contribution is -0.145. The number of carbonyl (C=O) groups excluding carboxylic acids is 1. The van der Waals surface area contributed by atoms with Gasteiger partial charge >= 0.3 is 5.97 Å². The number of hydrogen-bond acceptors (Lipinski definition) is 4. The van der Waals surface area contributed by atoms with Crippen molar-refractivity contribution in [2.24, 2.45) is 0 Å². The molecule has 1 atom stereocenters. The van der Waals surface area contributed by atoms with Crippen LogP contribution in [0.2, 0.25) is 0 Å². The van der Waals surface area contributed by atoms with Crippen molar-refractivity contribution >= 4 is 79.6 Å². The van der Waals surface area contributed by atoms with Gasteiger partial charge in [0, 0.05) is 16.7 Å². The van der Waals surface area contributed by atoms with Crippen molar-refractivity contribution in [3.63, 3.8) is 0 Å². The zero-order chi connectivity index (χ0) is 17.9. The monoisotopic (exact) mass is 671 g/mol. The smallest absolute Gasteiger partial charge is 0.344 e. The molecule has 24 heavy (non-hydrogen) atoms. The summed E-state index contributed by atoms with van der Waals surface area (Å²) < 4.78 is 13.3. The van der Waals surface area contributed by atoms with Gasteiger partial charge in [-0.2, -0.15) is 0 Å². The summed E-state index contributed by atoms with van der Waals surface area (Å²) in [4.78, 5) is 25.9. The molecule has 1 amide bonds. The van der Waals surface area contributed by atoms with E-state index in [-0.39, 0.29) is 5.91 Å². The average Bonchev–Trinajstić information content (AvgIpc) is 2.55. The first-order valence-corrected chi connectivity index (χ1v) is 10.5. The molecule has 6 nitrogen and oxygen atoms in total. The number of halogens is 3. The highest BCUT2D eigenvalue weighted by molar-refractivity contribution is 14.1. The predicted octanol–water partition coefficient (Wildman–Crippen LogP) is 3.21. The molecule has 0 spiro atoms. The minimum atomic E-state index is -1.01. The van der Waals surface area contributed by atoms with Crippen molar-refractivity contribution < 1.29 is 24.2 Å². The normalized spacial score (nSPS) is 15.9. The first kappa shape index (κ1) is 20.4. The number of carbonyl (C=O) groups is 2. The van der Waals surface area contributed by atoms with Crippen molar-refractivity contribution in [2.75, 3.05) is 26.3 Å². The summed E-state index contributed by atoms with van der Waals surface area (Å²) in [5.74, 6) is -0.622. The fraction of sp³-hybridized carbons (Fsp3) is 0.467. The number of carboxylic acid groups (broad SMARTS) is 1. The molecule has 1 heterocycles. The molecule has 1 N–H and O–H groups in total. The van der Waals surface area contributed by atoms with Crippen LogP contribution in [0.1, 0.15) is 23.7 Å². The highest BCUT2D eigenvalue weighted by Crippen LogP contribution is 2.35. The first-order valence-electron chi connectivity index (χ1n) is 7.30. The molecule has 1 fully saturated rings. The predicted molar refractivity (Wildman–Crippen MR) is 114 cm³/mol. The van der Waals surface area contributed by atoms with Gasteiger partial charge in [0.05, 0.1) is 25.9 Å². The molecule has 1 unspecified atom stereocenters. The number of aliphatic carboxylic acids is 1. The second-order valence-electron chi connectivity index (χ2n) is 5.12. The molecule has 0 aliphatic carbocycles. The molecular weight excluding hydrogens is 655 g/mol. The second kappa shape index (κ2) is 9.16. The summed E-state index contributed by atoms with van der Waals surface area (Å²) in [5, 5.41) is 9.23. The third kappa shape index (κ3) is 4.63. The highest BCUT2D eigenvalue weighted by atomic mass is 127. The van der Waals surface area contributed by atoms with Gasteiger partial charge in [-0.3, -0.25) is 4.79 Å². The third-order valence-electron chi connectivity index (χ3n) is 3.55. The van der Waals surface area contributed by atoms with Crippen LogP contribution >= 0.6 is 67.8 Å². The van der Waals surface area contributed by atoms with E-state index >= 15 is 0 Å². The quantitative estimate of drug-likeness (QED) is 0.488. The van der Waals surface area contributed by atoms with Gasteiger partial charge in [-0.05, 0) is 80.3 Å². The Hall–Kier alpha value is 0.110. The van der Waals surface area contributed by atoms with E-state index in [1.165, 1.54) is 0 Å². The Morgan fingerprint density at radius 2 is 1.92 bits per heavy atom. The van der Waals surface area contributed by atoms with Gasteiger partial charge in [0.2, 0.25) is 0 Å². The minimum absolute atomic E-state index is 0.0725. The standard InChI is InChI=1S/C15H16I3NO5/c1-2-10(15(21)22)24-13-9(17)7-8(16)11(12(13)18)14(20)19-3-5-23-6-4-19/h7,10H,2-6H2,1H3,(H,21,22). The van der Waals surface area contributed by atoms with Crippen molar-refractivity contribution in [3.8, 4) is 5.75 Å². The Balaban J connectivity index is 2.40. The number of benzene rings is 1. The number of nitrogens with zero attached hydrogens (tertiary/aromatic N) is 1. The lowest BCUT2D eigenvalue weighted by Crippen LogP contribution is -2.41. The van der Waals surface area contributed by atoms with Crippen LogP contribution in [0.3, 0.4) is 0 Å². The van der Waals surface area contributed by atoms with Gasteiger partial charge in [-0.15, -0.1) is 0 Å². The number of ether oxygens (including phenoxy) is 2. The lowest BCUT2D eigenvalue weighted by atomic mass is 10.1. The number of amides is 1. The Morgan fingerprint density at radius 1 is 1.29 bits per heavy atom. The lowest BCUT2D eigenvalue weighted by Gasteiger charge is -2.28. The molecule has 0 saturated carbocycles. The van der Waals surface area contributed by atoms with Crippen LogP contribution in [0.25, 0.3) is 0 Å². The SMILES string of the molecule is CCC(Oc1c(I)cc(I)c(C(=O)N2CCOCC2)c1I)C(=O)O. The van der Waals surface area contributed by atoms with Crippen molar-refractivity contribution in [3.05, 3.63) is 22.3 Å². The van der Waals surface area contributed by atoms with E-state index in [0.717, 1.165) is 7.14 Å². The van der Waals surface area contributed by atoms with E-state index in [4.69, 9.17) is 9.47 Å². The molecule has 1 saturated heterocycles. The second-order valence-corrected chi connectivity index (χ2v) is 8.52. The fourth-order valence-electron chi connectivity index (χ4n) is 2.25. The molecule has 0 bridgehead atoms. The maximum atomic E-state index is 12.9. The van der Waals surface area contributed by atoms with Gasteiger partial charge in [0.15, 0.2) is 6.10 Å². The van der Waals surface area contributed by atoms with Gasteiger partial charge < -0.3 is 19.5 Å². The summed E-state index contributed by atoms with van der Waals surface area (Å²) in [6, 6.07) is 1.85. The van der Waals surface area contributed by atoms with Gasteiger partial charge in [-0.25, -0.2) is 4.79 Å². The Labute approximate surface area is 181 Å². The number of morpholine rings is 1. The Kier molecular flexibility index (Phi) is 7.80. The van der Waals surface area contributed by atoms with E-state index in [0.29, 0.717) is 47.6 Å². The first-order chi connectivity index (χ1) is 11.4. The van der Waals surface area contributed by atoms with Crippen LogP contribution in [-0.4, -0.2) is 54.3 Å². The molecular formula is C15H16I3NO5. The molecule has 0 radical (unpaired) electrons. The van der Waals surface area contributed by atoms with Crippen LogP contribution in [0, 0.1) is 10.7 Å². The summed E-state index contributed by atoms with van der Waals surface area (Å²) in [6.45, 7) is 3.93. The zero-order valence-corrected chi connectivity index (χ0v) is 19.3. The number of hydrogen-bond donors (Lipinski definition) is 1. The molecule has 2 rings (SSSR count). The molecule has 132 valence electrons. The Morgan fingerprint density at radius 3 is 2.46 bits per heavy atom. The molecule has 0 aromatic heterocycles. The summed E-state index contributed by atoms with van der Waals surface area (Å²) in [6.07, 6.45) is -0.585. The van der Waals surface area contributed by atoms with Crippen LogP contribution in [-0.2, 0) is 9.53 Å². The third-order valence-corrected chi connectivity index (χ3v) is 6.23. The molecule has 1 aromatic rings. The molecule has 9 heteroatoms. The topological polar surface area (TPSA) is 76.1 Å². The van der Waals surface area contributed by atoms with Crippen LogP contribution in [0.4, 0.5) is 0 Å². The maximum Gasteiger partial charge on any atom is 0.344 e. The number of rotatable bonds is 5. The van der Waals surface area contributed by atoms with E-state index in [1.807, 2.05) is 6.07 Å². The average molecular weight is 671 g/mol. The van der Waals surface area contributed by atoms with Crippen LogP contribution < -0.4 is 4.74 Å². The fourth-order valence-corrected chi connectivity index (χ4v) is 6.34. The van der Waals surface area contributed by atoms with Crippen molar-refractivity contribution in [1.29, 1.82) is 0 Å². The highest BCUT2D eigenvalue weighted by Gasteiger charge is 2.28. The van der Waals surface area contributed by atoms with Gasteiger partial charge in [0.1, 0.15) is 5.75 Å². The van der Waals surface area contributed by atoms with Crippen LogP contribution in [0.5, 0.6) is 5.75 Å². The van der Waals surface area contributed by atoms with E-state index in [9.17, 15) is 14.7 Å². The number of carboxylic acids is 1. The van der Waals surface area contributed by atoms with E-state index in [2.05, 4.69) is 67.8 Å². The van der Waals surface area contributed by atoms with Crippen molar-refractivity contribution in [2.45, 2.75) is 19.4 Å². The Bertz CT molecular complexity index is 646. The minimum Gasteiger partial charge on any atom is -0.479 e. The molecule has 1 aromatic carbocycles. The van der Waals surface area contributed by atoms with Crippen LogP contribution in [0.15, 0.2) is 6.07 Å². The van der Waals surface area contributed by atoms with E-state index in [1.54, 1.807) is 11.8 Å². The summed E-state index contributed by atoms with van der Waals surface area (Å²) in [5.41, 5.74) is 0.564. The molecule has 1 aliphatic heterocycles.